The predicted octanol–water partition coefficient (Wildman–Crippen LogP) is 1.18. The number of carboxylic acid groups (broad SMARTS) is 1. The number of esters is 1. The largest absolute Gasteiger partial charge is 1.00 e. The van der Waals surface area contributed by atoms with E-state index in [4.69, 9.17) is 4.74 Å². The second-order valence-electron chi connectivity index (χ2n) is 7.15. The Morgan fingerprint density at radius 2 is 1.50 bits per heavy atom. The number of hydrogen-bond donors (Lipinski definition) is 0. The first-order chi connectivity index (χ1) is 12.2. The number of aliphatic carboxylic acids is 1. The topological polar surface area (TPSA) is 66.4 Å². The standard InChI is InChI=1S/C21H36O4.Na/c1-2-3-4-5-6-7-8-9-10-11-14-17-25-21(24)19-16-13-12-15-18(19)20(22)23;/h5-6,18-19H,2-4,7-17H2,1H3,(H,22,23);/q;+1/p-1/b6-5+;. The maximum absolute atomic E-state index is 12.1. The van der Waals surface area contributed by atoms with Crippen molar-refractivity contribution in [1.29, 1.82) is 0 Å². The Morgan fingerprint density at radius 3 is 2.15 bits per heavy atom. The van der Waals surface area contributed by atoms with Crippen LogP contribution < -0.4 is 34.7 Å². The molecule has 0 aliphatic heterocycles. The van der Waals surface area contributed by atoms with E-state index in [1.807, 2.05) is 0 Å². The molecule has 0 radical (unpaired) electrons. The van der Waals surface area contributed by atoms with Gasteiger partial charge in [-0.3, -0.25) is 4.79 Å². The van der Waals surface area contributed by atoms with Crippen molar-refractivity contribution in [3.63, 3.8) is 0 Å². The first-order valence-electron chi connectivity index (χ1n) is 10.2. The van der Waals surface area contributed by atoms with Crippen molar-refractivity contribution in [3.05, 3.63) is 12.2 Å². The summed E-state index contributed by atoms with van der Waals surface area (Å²) in [4.78, 5) is 23.2. The number of ether oxygens (including phenoxy) is 1. The van der Waals surface area contributed by atoms with E-state index in [9.17, 15) is 14.7 Å². The molecule has 1 rings (SSSR count). The van der Waals surface area contributed by atoms with E-state index in [1.54, 1.807) is 0 Å². The van der Waals surface area contributed by atoms with Crippen LogP contribution in [0.5, 0.6) is 0 Å². The summed E-state index contributed by atoms with van der Waals surface area (Å²) in [5.74, 6) is -2.61. The fraction of sp³-hybridized carbons (Fsp3) is 0.810. The molecule has 0 N–H and O–H groups in total. The summed E-state index contributed by atoms with van der Waals surface area (Å²) in [5, 5.41) is 11.1. The molecule has 1 saturated carbocycles. The van der Waals surface area contributed by atoms with Crippen molar-refractivity contribution < 1.29 is 49.0 Å². The van der Waals surface area contributed by atoms with Crippen molar-refractivity contribution >= 4 is 11.9 Å². The molecule has 26 heavy (non-hydrogen) atoms. The summed E-state index contributed by atoms with van der Waals surface area (Å²) >= 11 is 0. The van der Waals surface area contributed by atoms with Crippen molar-refractivity contribution in [3.8, 4) is 0 Å². The zero-order chi connectivity index (χ0) is 18.3. The molecule has 0 aromatic rings. The zero-order valence-corrected chi connectivity index (χ0v) is 18.8. The molecule has 0 aromatic heterocycles. The van der Waals surface area contributed by atoms with Crippen molar-refractivity contribution in [1.82, 2.24) is 0 Å². The minimum atomic E-state index is -1.11. The molecule has 144 valence electrons. The summed E-state index contributed by atoms with van der Waals surface area (Å²) in [6, 6.07) is 0. The number of rotatable bonds is 13. The zero-order valence-electron chi connectivity index (χ0n) is 16.8. The minimum Gasteiger partial charge on any atom is -0.550 e. The van der Waals surface area contributed by atoms with Gasteiger partial charge in [-0.2, -0.15) is 0 Å². The first kappa shape index (κ1) is 25.7. The van der Waals surface area contributed by atoms with E-state index in [0.717, 1.165) is 38.5 Å². The Kier molecular flexibility index (Phi) is 16.6. The molecule has 2 atom stereocenters. The normalized spacial score (nSPS) is 19.9. The molecule has 2 unspecified atom stereocenters. The number of unbranched alkanes of at least 4 members (excludes halogenated alkanes) is 7. The number of hydrogen-bond acceptors (Lipinski definition) is 4. The molecule has 0 bridgehead atoms. The van der Waals surface area contributed by atoms with Gasteiger partial charge in [0.05, 0.1) is 12.5 Å². The van der Waals surface area contributed by atoms with E-state index in [2.05, 4.69) is 19.1 Å². The molecule has 1 aliphatic rings. The fourth-order valence-electron chi connectivity index (χ4n) is 3.43. The van der Waals surface area contributed by atoms with E-state index in [-0.39, 0.29) is 35.5 Å². The fourth-order valence-corrected chi connectivity index (χ4v) is 3.43. The predicted molar refractivity (Wildman–Crippen MR) is 97.8 cm³/mol. The van der Waals surface area contributed by atoms with Crippen LogP contribution >= 0.6 is 0 Å². The maximum atomic E-state index is 12.1. The van der Waals surface area contributed by atoms with Gasteiger partial charge < -0.3 is 14.6 Å². The Balaban J connectivity index is 0.00000625. The van der Waals surface area contributed by atoms with E-state index < -0.39 is 17.8 Å². The SMILES string of the molecule is CCCC/C=C/CCCCCCCOC(=O)C1CCCCC1C(=O)[O-].[Na+]. The van der Waals surface area contributed by atoms with Crippen LogP contribution in [0.15, 0.2) is 12.2 Å². The third-order valence-corrected chi connectivity index (χ3v) is 5.02. The van der Waals surface area contributed by atoms with Gasteiger partial charge in [-0.05, 0) is 38.5 Å². The van der Waals surface area contributed by atoms with Crippen LogP contribution in [0.1, 0.15) is 90.4 Å². The van der Waals surface area contributed by atoms with Crippen molar-refractivity contribution in [2.45, 2.75) is 90.4 Å². The number of carbonyl (C=O) groups excluding carboxylic acids is 2. The monoisotopic (exact) mass is 374 g/mol. The molecular weight excluding hydrogens is 339 g/mol. The minimum absolute atomic E-state index is 0. The second-order valence-corrected chi connectivity index (χ2v) is 7.15. The second kappa shape index (κ2) is 16.8. The molecule has 0 amide bonds. The Morgan fingerprint density at radius 1 is 0.923 bits per heavy atom. The summed E-state index contributed by atoms with van der Waals surface area (Å²) in [7, 11) is 0. The molecule has 4 nitrogen and oxygen atoms in total. The van der Waals surface area contributed by atoms with Crippen LogP contribution in [0, 0.1) is 11.8 Å². The van der Waals surface area contributed by atoms with E-state index in [0.29, 0.717) is 19.4 Å². The third kappa shape index (κ3) is 11.4. The van der Waals surface area contributed by atoms with Gasteiger partial charge in [0, 0.05) is 11.9 Å². The van der Waals surface area contributed by atoms with Gasteiger partial charge in [0.2, 0.25) is 0 Å². The van der Waals surface area contributed by atoms with Gasteiger partial charge in [0.1, 0.15) is 0 Å². The van der Waals surface area contributed by atoms with E-state index >= 15 is 0 Å². The summed E-state index contributed by atoms with van der Waals surface area (Å²) < 4.78 is 5.30. The average molecular weight is 374 g/mol. The van der Waals surface area contributed by atoms with Gasteiger partial charge >= 0.3 is 35.5 Å². The van der Waals surface area contributed by atoms with E-state index in [1.165, 1.54) is 32.1 Å². The van der Waals surface area contributed by atoms with Gasteiger partial charge in [0.15, 0.2) is 0 Å². The summed E-state index contributed by atoms with van der Waals surface area (Å²) in [6.07, 6.45) is 17.9. The van der Waals surface area contributed by atoms with Crippen molar-refractivity contribution in [2.24, 2.45) is 11.8 Å². The quantitative estimate of drug-likeness (QED) is 0.210. The third-order valence-electron chi connectivity index (χ3n) is 5.02. The molecule has 5 heteroatoms. The van der Waals surface area contributed by atoms with Crippen LogP contribution in [-0.4, -0.2) is 18.5 Å². The first-order valence-corrected chi connectivity index (χ1v) is 10.2. The van der Waals surface area contributed by atoms with Gasteiger partial charge in [-0.25, -0.2) is 0 Å². The van der Waals surface area contributed by atoms with Gasteiger partial charge in [-0.1, -0.05) is 64.0 Å². The molecule has 0 heterocycles. The van der Waals surface area contributed by atoms with Crippen molar-refractivity contribution in [2.75, 3.05) is 6.61 Å². The maximum Gasteiger partial charge on any atom is 1.00 e. The number of allylic oxidation sites excluding steroid dienone is 2. The van der Waals surface area contributed by atoms with Crippen LogP contribution in [0.4, 0.5) is 0 Å². The molecule has 1 fully saturated rings. The Labute approximate surface area is 181 Å². The Hall–Kier alpha value is -0.320. The molecule has 1 aliphatic carbocycles. The number of carboxylic acids is 1. The Bertz CT molecular complexity index is 409. The smallest absolute Gasteiger partial charge is 0.550 e. The van der Waals surface area contributed by atoms with Crippen LogP contribution in [-0.2, 0) is 14.3 Å². The van der Waals surface area contributed by atoms with Crippen LogP contribution in [0.3, 0.4) is 0 Å². The van der Waals surface area contributed by atoms with Gasteiger partial charge in [0.25, 0.3) is 0 Å². The molecule has 0 saturated heterocycles. The van der Waals surface area contributed by atoms with Crippen LogP contribution in [0.25, 0.3) is 0 Å². The summed E-state index contributed by atoms with van der Waals surface area (Å²) in [6.45, 7) is 2.62. The summed E-state index contributed by atoms with van der Waals surface area (Å²) in [5.41, 5.74) is 0. The number of carbonyl (C=O) groups is 2. The molecular formula is C21H35NaO4. The van der Waals surface area contributed by atoms with Crippen LogP contribution in [0.2, 0.25) is 0 Å². The molecule has 0 aromatic carbocycles. The average Bonchev–Trinajstić information content (AvgIpc) is 2.62. The molecule has 0 spiro atoms. The van der Waals surface area contributed by atoms with Gasteiger partial charge in [-0.15, -0.1) is 0 Å².